The third kappa shape index (κ3) is 5.42. The largest absolute Gasteiger partial charge is 0.490 e. The van der Waals surface area contributed by atoms with Crippen molar-refractivity contribution in [3.8, 4) is 11.5 Å². The third-order valence-electron chi connectivity index (χ3n) is 4.00. The van der Waals surface area contributed by atoms with Crippen LogP contribution in [0.25, 0.3) is 0 Å². The van der Waals surface area contributed by atoms with Gasteiger partial charge < -0.3 is 9.47 Å². The van der Waals surface area contributed by atoms with Crippen molar-refractivity contribution in [2.45, 2.75) is 20.5 Å². The molecule has 0 saturated heterocycles. The molecule has 0 heterocycles. The average molecular weight is 442 g/mol. The lowest BCUT2D eigenvalue weighted by Gasteiger charge is -2.14. The predicted molar refractivity (Wildman–Crippen MR) is 114 cm³/mol. The molecule has 0 N–H and O–H groups in total. The molecule has 144 valence electrons. The van der Waals surface area contributed by atoms with E-state index in [1.54, 1.807) is 12.3 Å². The van der Waals surface area contributed by atoms with E-state index in [1.165, 1.54) is 17.7 Å². The molecule has 0 unspecified atom stereocenters. The van der Waals surface area contributed by atoms with Crippen LogP contribution in [0.1, 0.15) is 23.6 Å². The number of nitrogens with zero attached hydrogens (tertiary/aromatic N) is 1. The molecule has 0 bridgehead atoms. The Balaban J connectivity index is 1.81. The van der Waals surface area contributed by atoms with Crippen molar-refractivity contribution < 1.29 is 13.9 Å². The normalized spacial score (nSPS) is 11.0. The molecular formula is C23H21BrFNO2. The van der Waals surface area contributed by atoms with Gasteiger partial charge in [-0.05, 0) is 77.3 Å². The van der Waals surface area contributed by atoms with Crippen LogP contribution >= 0.6 is 15.9 Å². The fourth-order valence-electron chi connectivity index (χ4n) is 2.63. The molecule has 0 amide bonds. The molecule has 5 heteroatoms. The van der Waals surface area contributed by atoms with Gasteiger partial charge in [0.15, 0.2) is 11.5 Å². The third-order valence-corrected chi connectivity index (χ3v) is 4.59. The zero-order chi connectivity index (χ0) is 19.9. The zero-order valence-electron chi connectivity index (χ0n) is 15.8. The van der Waals surface area contributed by atoms with Crippen LogP contribution in [0.15, 0.2) is 70.1 Å². The Hall–Kier alpha value is -2.66. The van der Waals surface area contributed by atoms with Gasteiger partial charge in [0.2, 0.25) is 0 Å². The summed E-state index contributed by atoms with van der Waals surface area (Å²) in [6.45, 7) is 4.70. The fraction of sp³-hybridized carbons (Fsp3) is 0.174. The lowest BCUT2D eigenvalue weighted by atomic mass is 10.2. The Bertz CT molecular complexity index is 971. The maximum atomic E-state index is 13.4. The first-order valence-electron chi connectivity index (χ1n) is 8.99. The van der Waals surface area contributed by atoms with E-state index in [4.69, 9.17) is 9.47 Å². The topological polar surface area (TPSA) is 30.8 Å². The van der Waals surface area contributed by atoms with Crippen molar-refractivity contribution >= 4 is 27.8 Å². The molecule has 28 heavy (non-hydrogen) atoms. The standard InChI is InChI=1S/C23H21BrFNO2/c1-3-27-22-13-18(14-26-20-9-7-16(2)8-10-20)12-21(24)23(22)28-15-17-5-4-6-19(25)11-17/h4-14H,3,15H2,1-2H3. The van der Waals surface area contributed by atoms with Gasteiger partial charge in [-0.1, -0.05) is 29.8 Å². The van der Waals surface area contributed by atoms with Gasteiger partial charge in [-0.3, -0.25) is 4.99 Å². The van der Waals surface area contributed by atoms with Crippen LogP contribution in [0.3, 0.4) is 0 Å². The second-order valence-electron chi connectivity index (χ2n) is 6.28. The van der Waals surface area contributed by atoms with Crippen LogP contribution in [0.5, 0.6) is 11.5 Å². The summed E-state index contributed by atoms with van der Waals surface area (Å²) in [6, 6.07) is 18.1. The van der Waals surface area contributed by atoms with Crippen LogP contribution in [0.2, 0.25) is 0 Å². The molecule has 0 aliphatic rings. The zero-order valence-corrected chi connectivity index (χ0v) is 17.4. The first kappa shape index (κ1) is 20.1. The quantitative estimate of drug-likeness (QED) is 0.385. The van der Waals surface area contributed by atoms with Crippen LogP contribution in [0.4, 0.5) is 10.1 Å². The number of rotatable bonds is 7. The van der Waals surface area contributed by atoms with Crippen molar-refractivity contribution in [2.75, 3.05) is 6.61 Å². The molecular weight excluding hydrogens is 421 g/mol. The molecule has 0 aromatic heterocycles. The maximum absolute atomic E-state index is 13.4. The van der Waals surface area contributed by atoms with E-state index < -0.39 is 0 Å². The van der Waals surface area contributed by atoms with Gasteiger partial charge in [-0.2, -0.15) is 0 Å². The van der Waals surface area contributed by atoms with Gasteiger partial charge in [-0.25, -0.2) is 4.39 Å². The SMILES string of the molecule is CCOc1cc(C=Nc2ccc(C)cc2)cc(Br)c1OCc1cccc(F)c1. The van der Waals surface area contributed by atoms with Gasteiger partial charge >= 0.3 is 0 Å². The Morgan fingerprint density at radius 3 is 2.54 bits per heavy atom. The summed E-state index contributed by atoms with van der Waals surface area (Å²) >= 11 is 3.55. The summed E-state index contributed by atoms with van der Waals surface area (Å²) in [4.78, 5) is 4.51. The summed E-state index contributed by atoms with van der Waals surface area (Å²) < 4.78 is 25.8. The molecule has 0 spiro atoms. The Kier molecular flexibility index (Phi) is 6.82. The highest BCUT2D eigenvalue weighted by Crippen LogP contribution is 2.37. The highest BCUT2D eigenvalue weighted by atomic mass is 79.9. The number of aryl methyl sites for hydroxylation is 1. The molecule has 0 atom stereocenters. The van der Waals surface area contributed by atoms with E-state index in [2.05, 4.69) is 20.9 Å². The molecule has 3 aromatic carbocycles. The van der Waals surface area contributed by atoms with E-state index in [0.29, 0.717) is 18.1 Å². The van der Waals surface area contributed by atoms with Crippen LogP contribution in [0, 0.1) is 12.7 Å². The van der Waals surface area contributed by atoms with E-state index in [0.717, 1.165) is 21.3 Å². The predicted octanol–water partition coefficient (Wildman–Crippen LogP) is 6.62. The number of halogens is 2. The number of hydrogen-bond donors (Lipinski definition) is 0. The molecule has 0 aliphatic heterocycles. The van der Waals surface area contributed by atoms with Gasteiger partial charge in [0.25, 0.3) is 0 Å². The molecule has 0 fully saturated rings. The number of ether oxygens (including phenoxy) is 2. The molecule has 3 rings (SSSR count). The monoisotopic (exact) mass is 441 g/mol. The van der Waals surface area contributed by atoms with E-state index >= 15 is 0 Å². The first-order valence-corrected chi connectivity index (χ1v) is 9.79. The lowest BCUT2D eigenvalue weighted by molar-refractivity contribution is 0.267. The number of hydrogen-bond acceptors (Lipinski definition) is 3. The first-order chi connectivity index (χ1) is 13.5. The maximum Gasteiger partial charge on any atom is 0.175 e. The van der Waals surface area contributed by atoms with E-state index in [-0.39, 0.29) is 12.4 Å². The number of benzene rings is 3. The number of aliphatic imine (C=N–C) groups is 1. The lowest BCUT2D eigenvalue weighted by Crippen LogP contribution is -2.01. The Morgan fingerprint density at radius 2 is 1.82 bits per heavy atom. The van der Waals surface area contributed by atoms with Gasteiger partial charge in [-0.15, -0.1) is 0 Å². The fourth-order valence-corrected chi connectivity index (χ4v) is 3.20. The van der Waals surface area contributed by atoms with Crippen molar-refractivity contribution in [1.82, 2.24) is 0 Å². The summed E-state index contributed by atoms with van der Waals surface area (Å²) in [6.07, 6.45) is 1.79. The van der Waals surface area contributed by atoms with Gasteiger partial charge in [0.05, 0.1) is 16.8 Å². The minimum absolute atomic E-state index is 0.243. The summed E-state index contributed by atoms with van der Waals surface area (Å²) in [5, 5.41) is 0. The van der Waals surface area contributed by atoms with Crippen LogP contribution in [-0.4, -0.2) is 12.8 Å². The molecule has 3 aromatic rings. The van der Waals surface area contributed by atoms with Crippen molar-refractivity contribution in [3.05, 3.63) is 87.6 Å². The van der Waals surface area contributed by atoms with Crippen molar-refractivity contribution in [1.29, 1.82) is 0 Å². The van der Waals surface area contributed by atoms with Gasteiger partial charge in [0, 0.05) is 6.21 Å². The summed E-state index contributed by atoms with van der Waals surface area (Å²) in [7, 11) is 0. The van der Waals surface area contributed by atoms with Crippen LogP contribution in [-0.2, 0) is 6.61 Å². The smallest absolute Gasteiger partial charge is 0.175 e. The Morgan fingerprint density at radius 1 is 1.04 bits per heavy atom. The van der Waals surface area contributed by atoms with Crippen molar-refractivity contribution in [3.63, 3.8) is 0 Å². The Labute approximate surface area is 173 Å². The molecule has 3 nitrogen and oxygen atoms in total. The minimum Gasteiger partial charge on any atom is -0.490 e. The average Bonchev–Trinajstić information content (AvgIpc) is 2.67. The van der Waals surface area contributed by atoms with E-state index in [1.807, 2.05) is 56.3 Å². The molecule has 0 aliphatic carbocycles. The van der Waals surface area contributed by atoms with Crippen LogP contribution < -0.4 is 9.47 Å². The second kappa shape index (κ2) is 9.51. The molecule has 0 radical (unpaired) electrons. The highest BCUT2D eigenvalue weighted by Gasteiger charge is 2.12. The van der Waals surface area contributed by atoms with Gasteiger partial charge in [0.1, 0.15) is 12.4 Å². The second-order valence-corrected chi connectivity index (χ2v) is 7.13. The summed E-state index contributed by atoms with van der Waals surface area (Å²) in [5.41, 5.74) is 3.71. The van der Waals surface area contributed by atoms with Crippen molar-refractivity contribution in [2.24, 2.45) is 4.99 Å². The molecule has 0 saturated carbocycles. The summed E-state index contributed by atoms with van der Waals surface area (Å²) in [5.74, 6) is 0.907. The minimum atomic E-state index is -0.284. The highest BCUT2D eigenvalue weighted by molar-refractivity contribution is 9.10. The van der Waals surface area contributed by atoms with E-state index in [9.17, 15) is 4.39 Å².